The number of benzene rings is 1. The number of pyridine rings is 1. The summed E-state index contributed by atoms with van der Waals surface area (Å²) >= 11 is 0. The average Bonchev–Trinajstić information content (AvgIpc) is 2.61. The molecule has 0 aliphatic heterocycles. The second-order valence-corrected chi connectivity index (χ2v) is 4.80. The minimum absolute atomic E-state index is 0.224. The van der Waals surface area contributed by atoms with E-state index < -0.39 is 18.5 Å². The fraction of sp³-hybridized carbons (Fsp3) is 0.176. The number of carbonyl (C=O) groups is 3. The highest BCUT2D eigenvalue weighted by atomic mass is 16.5. The van der Waals surface area contributed by atoms with Crippen LogP contribution in [0.15, 0.2) is 48.8 Å². The molecule has 0 atom stereocenters. The number of aromatic nitrogens is 1. The fourth-order valence-corrected chi connectivity index (χ4v) is 1.90. The van der Waals surface area contributed by atoms with E-state index in [0.717, 1.165) is 0 Å². The number of anilines is 1. The minimum Gasteiger partial charge on any atom is -0.452 e. The number of ether oxygens (including phenoxy) is 1. The minimum atomic E-state index is -0.608. The van der Waals surface area contributed by atoms with Crippen molar-refractivity contribution in [1.82, 2.24) is 10.3 Å². The van der Waals surface area contributed by atoms with Gasteiger partial charge in [0.1, 0.15) is 0 Å². The molecule has 1 aromatic carbocycles. The second kappa shape index (κ2) is 8.42. The Bertz CT molecular complexity index is 732. The molecule has 1 heterocycles. The lowest BCUT2D eigenvalue weighted by atomic mass is 10.2. The van der Waals surface area contributed by atoms with Crippen LogP contribution in [-0.2, 0) is 9.53 Å². The third-order valence-corrected chi connectivity index (χ3v) is 3.00. The molecule has 2 amide bonds. The molecule has 0 aliphatic rings. The van der Waals surface area contributed by atoms with Gasteiger partial charge in [0, 0.05) is 30.2 Å². The van der Waals surface area contributed by atoms with Crippen LogP contribution in [0.25, 0.3) is 0 Å². The van der Waals surface area contributed by atoms with E-state index in [-0.39, 0.29) is 5.91 Å². The SMILES string of the molecule is CCNC(=O)c1cccc(NC(=O)COC(=O)c2ccncc2)c1. The van der Waals surface area contributed by atoms with Gasteiger partial charge in [-0.05, 0) is 37.3 Å². The van der Waals surface area contributed by atoms with E-state index in [1.807, 2.05) is 6.92 Å². The first-order valence-electron chi connectivity index (χ1n) is 7.35. The number of hydrogen-bond donors (Lipinski definition) is 2. The predicted molar refractivity (Wildman–Crippen MR) is 87.6 cm³/mol. The number of amides is 2. The predicted octanol–water partition coefficient (Wildman–Crippen LogP) is 1.63. The molecule has 0 bridgehead atoms. The summed E-state index contributed by atoms with van der Waals surface area (Å²) in [5.74, 6) is -1.33. The molecular weight excluding hydrogens is 310 g/mol. The van der Waals surface area contributed by atoms with Gasteiger partial charge in [-0.25, -0.2) is 4.79 Å². The van der Waals surface area contributed by atoms with Crippen LogP contribution in [0.2, 0.25) is 0 Å². The Kier molecular flexibility index (Phi) is 6.01. The van der Waals surface area contributed by atoms with Crippen molar-refractivity contribution in [3.05, 3.63) is 59.9 Å². The molecule has 1 aromatic heterocycles. The first-order chi connectivity index (χ1) is 11.6. The fourth-order valence-electron chi connectivity index (χ4n) is 1.90. The monoisotopic (exact) mass is 327 g/mol. The molecule has 0 saturated carbocycles. The van der Waals surface area contributed by atoms with Gasteiger partial charge < -0.3 is 15.4 Å². The molecule has 0 saturated heterocycles. The summed E-state index contributed by atoms with van der Waals surface area (Å²) in [6.07, 6.45) is 2.92. The summed E-state index contributed by atoms with van der Waals surface area (Å²) in [6.45, 7) is 1.91. The largest absolute Gasteiger partial charge is 0.452 e. The van der Waals surface area contributed by atoms with E-state index in [1.165, 1.54) is 24.5 Å². The Balaban J connectivity index is 1.89. The van der Waals surface area contributed by atoms with E-state index in [9.17, 15) is 14.4 Å². The van der Waals surface area contributed by atoms with Gasteiger partial charge in [-0.15, -0.1) is 0 Å². The molecular formula is C17H17N3O4. The molecule has 0 spiro atoms. The molecule has 0 radical (unpaired) electrons. The molecule has 7 nitrogen and oxygen atoms in total. The maximum atomic E-state index is 11.9. The molecule has 124 valence electrons. The van der Waals surface area contributed by atoms with Crippen molar-refractivity contribution >= 4 is 23.5 Å². The first kappa shape index (κ1) is 17.1. The number of carbonyl (C=O) groups excluding carboxylic acids is 3. The maximum absolute atomic E-state index is 11.9. The molecule has 2 N–H and O–H groups in total. The van der Waals surface area contributed by atoms with E-state index in [1.54, 1.807) is 24.3 Å². The van der Waals surface area contributed by atoms with Crippen LogP contribution in [0.1, 0.15) is 27.6 Å². The summed E-state index contributed by atoms with van der Waals surface area (Å²) in [5.41, 5.74) is 1.20. The van der Waals surface area contributed by atoms with Crippen LogP contribution in [0.4, 0.5) is 5.69 Å². The van der Waals surface area contributed by atoms with Crippen molar-refractivity contribution < 1.29 is 19.1 Å². The van der Waals surface area contributed by atoms with Crippen LogP contribution < -0.4 is 10.6 Å². The Hall–Kier alpha value is -3.22. The Labute approximate surface area is 139 Å². The van der Waals surface area contributed by atoms with Gasteiger partial charge in [-0.2, -0.15) is 0 Å². The van der Waals surface area contributed by atoms with Crippen molar-refractivity contribution in [1.29, 1.82) is 0 Å². The number of nitrogens with one attached hydrogen (secondary N) is 2. The van der Waals surface area contributed by atoms with Crippen LogP contribution in [0, 0.1) is 0 Å². The van der Waals surface area contributed by atoms with Crippen molar-refractivity contribution in [3.63, 3.8) is 0 Å². The van der Waals surface area contributed by atoms with Crippen molar-refractivity contribution in [2.24, 2.45) is 0 Å². The molecule has 0 unspecified atom stereocenters. The average molecular weight is 327 g/mol. The van der Waals surface area contributed by atoms with Crippen molar-refractivity contribution in [3.8, 4) is 0 Å². The van der Waals surface area contributed by atoms with E-state index >= 15 is 0 Å². The highest BCUT2D eigenvalue weighted by Crippen LogP contribution is 2.10. The zero-order chi connectivity index (χ0) is 17.4. The molecule has 2 rings (SSSR count). The summed E-state index contributed by atoms with van der Waals surface area (Å²) in [7, 11) is 0. The molecule has 24 heavy (non-hydrogen) atoms. The zero-order valence-corrected chi connectivity index (χ0v) is 13.1. The molecule has 0 aliphatic carbocycles. The van der Waals surface area contributed by atoms with E-state index in [4.69, 9.17) is 4.74 Å². The van der Waals surface area contributed by atoms with Crippen LogP contribution in [0.3, 0.4) is 0 Å². The number of esters is 1. The highest BCUT2D eigenvalue weighted by Gasteiger charge is 2.11. The second-order valence-electron chi connectivity index (χ2n) is 4.80. The number of nitrogens with zero attached hydrogens (tertiary/aromatic N) is 1. The normalized spacial score (nSPS) is 9.88. The highest BCUT2D eigenvalue weighted by molar-refractivity contribution is 5.98. The Morgan fingerprint density at radius 2 is 1.83 bits per heavy atom. The first-order valence-corrected chi connectivity index (χ1v) is 7.35. The zero-order valence-electron chi connectivity index (χ0n) is 13.1. The third-order valence-electron chi connectivity index (χ3n) is 3.00. The van der Waals surface area contributed by atoms with Gasteiger partial charge >= 0.3 is 5.97 Å². The van der Waals surface area contributed by atoms with Gasteiger partial charge in [0.2, 0.25) is 0 Å². The summed E-state index contributed by atoms with van der Waals surface area (Å²) in [4.78, 5) is 39.1. The van der Waals surface area contributed by atoms with Crippen molar-refractivity contribution in [2.75, 3.05) is 18.5 Å². The maximum Gasteiger partial charge on any atom is 0.338 e. The number of rotatable bonds is 6. The van der Waals surface area contributed by atoms with E-state index in [0.29, 0.717) is 23.4 Å². The number of hydrogen-bond acceptors (Lipinski definition) is 5. The van der Waals surface area contributed by atoms with Crippen LogP contribution in [0.5, 0.6) is 0 Å². The topological polar surface area (TPSA) is 97.4 Å². The third kappa shape index (κ3) is 4.91. The molecule has 2 aromatic rings. The van der Waals surface area contributed by atoms with Gasteiger partial charge in [0.25, 0.3) is 11.8 Å². The lowest BCUT2D eigenvalue weighted by molar-refractivity contribution is -0.119. The van der Waals surface area contributed by atoms with Gasteiger partial charge in [0.05, 0.1) is 5.56 Å². The van der Waals surface area contributed by atoms with Crippen molar-refractivity contribution in [2.45, 2.75) is 6.92 Å². The quantitative estimate of drug-likeness (QED) is 0.786. The van der Waals surface area contributed by atoms with Crippen LogP contribution >= 0.6 is 0 Å². The summed E-state index contributed by atoms with van der Waals surface area (Å²) in [5, 5.41) is 5.25. The lowest BCUT2D eigenvalue weighted by Crippen LogP contribution is -2.23. The van der Waals surface area contributed by atoms with Gasteiger partial charge in [-0.3, -0.25) is 14.6 Å². The Morgan fingerprint density at radius 1 is 1.08 bits per heavy atom. The smallest absolute Gasteiger partial charge is 0.338 e. The Morgan fingerprint density at radius 3 is 2.54 bits per heavy atom. The lowest BCUT2D eigenvalue weighted by Gasteiger charge is -2.08. The van der Waals surface area contributed by atoms with Gasteiger partial charge in [-0.1, -0.05) is 6.07 Å². The summed E-state index contributed by atoms with van der Waals surface area (Å²) in [6, 6.07) is 9.48. The molecule has 0 fully saturated rings. The van der Waals surface area contributed by atoms with Crippen LogP contribution in [-0.4, -0.2) is 35.9 Å². The van der Waals surface area contributed by atoms with Gasteiger partial charge in [0.15, 0.2) is 6.61 Å². The van der Waals surface area contributed by atoms with E-state index in [2.05, 4.69) is 15.6 Å². The summed E-state index contributed by atoms with van der Waals surface area (Å²) < 4.78 is 4.92. The molecule has 7 heteroatoms. The standard InChI is InChI=1S/C17H17N3O4/c1-2-19-16(22)13-4-3-5-14(10-13)20-15(21)11-24-17(23)12-6-8-18-9-7-12/h3-10H,2,11H2,1H3,(H,19,22)(H,20,21).